The molecule has 0 bridgehead atoms. The highest BCUT2D eigenvalue weighted by atomic mass is 16.6. The van der Waals surface area contributed by atoms with Crippen LogP contribution in [0.3, 0.4) is 0 Å². The van der Waals surface area contributed by atoms with E-state index < -0.39 is 5.97 Å². The first-order valence-corrected chi connectivity index (χ1v) is 10.2. The third kappa shape index (κ3) is 5.23. The first-order chi connectivity index (χ1) is 15.2. The first-order valence-electron chi connectivity index (χ1n) is 10.2. The molecule has 1 heterocycles. The average molecular weight is 412 g/mol. The van der Waals surface area contributed by atoms with Crippen molar-refractivity contribution in [1.82, 2.24) is 0 Å². The van der Waals surface area contributed by atoms with Crippen molar-refractivity contribution >= 4 is 5.97 Å². The summed E-state index contributed by atoms with van der Waals surface area (Å²) in [5, 5.41) is 0. The van der Waals surface area contributed by atoms with Gasteiger partial charge in [0, 0.05) is 12.0 Å². The van der Waals surface area contributed by atoms with Gasteiger partial charge in [-0.2, -0.15) is 0 Å². The molecule has 0 saturated heterocycles. The number of furan rings is 1. The minimum Gasteiger partial charge on any atom is -0.460 e. The van der Waals surface area contributed by atoms with Crippen LogP contribution in [0.2, 0.25) is 0 Å². The summed E-state index contributed by atoms with van der Waals surface area (Å²) in [6, 6.07) is 29.4. The van der Waals surface area contributed by atoms with Gasteiger partial charge in [-0.05, 0) is 23.6 Å². The van der Waals surface area contributed by atoms with E-state index in [0.717, 1.165) is 22.3 Å². The minimum absolute atomic E-state index is 0.191. The van der Waals surface area contributed by atoms with Crippen molar-refractivity contribution in [2.24, 2.45) is 0 Å². The van der Waals surface area contributed by atoms with Gasteiger partial charge in [-0.25, -0.2) is 4.79 Å². The molecule has 4 heteroatoms. The molecule has 0 spiro atoms. The van der Waals surface area contributed by atoms with E-state index in [1.54, 1.807) is 0 Å². The Morgan fingerprint density at radius 2 is 1.26 bits per heavy atom. The van der Waals surface area contributed by atoms with Crippen molar-refractivity contribution in [3.8, 4) is 5.95 Å². The Morgan fingerprint density at radius 1 is 0.742 bits per heavy atom. The topological polar surface area (TPSA) is 48.7 Å². The van der Waals surface area contributed by atoms with E-state index in [1.165, 1.54) is 0 Å². The Labute approximate surface area is 182 Å². The van der Waals surface area contributed by atoms with E-state index in [9.17, 15) is 4.79 Å². The van der Waals surface area contributed by atoms with E-state index in [1.807, 2.05) is 97.9 Å². The molecule has 0 atom stereocenters. The van der Waals surface area contributed by atoms with Crippen LogP contribution in [-0.2, 0) is 24.4 Å². The summed E-state index contributed by atoms with van der Waals surface area (Å²) in [6.45, 7) is 2.37. The third-order valence-corrected chi connectivity index (χ3v) is 5.05. The van der Waals surface area contributed by atoms with Crippen molar-refractivity contribution in [1.29, 1.82) is 0 Å². The molecule has 4 rings (SSSR count). The maximum Gasteiger partial charge on any atom is 0.346 e. The Hall–Kier alpha value is -3.79. The van der Waals surface area contributed by atoms with Gasteiger partial charge in [0.15, 0.2) is 0 Å². The minimum atomic E-state index is -0.451. The predicted octanol–water partition coefficient (Wildman–Crippen LogP) is 6.11. The van der Waals surface area contributed by atoms with Gasteiger partial charge in [0.25, 0.3) is 5.95 Å². The number of esters is 1. The molecule has 0 aliphatic rings. The molecule has 31 heavy (non-hydrogen) atoms. The van der Waals surface area contributed by atoms with Crippen molar-refractivity contribution in [3.05, 3.63) is 125 Å². The van der Waals surface area contributed by atoms with Crippen LogP contribution < -0.4 is 4.74 Å². The van der Waals surface area contributed by atoms with Crippen LogP contribution in [0.25, 0.3) is 0 Å². The maximum absolute atomic E-state index is 13.0. The van der Waals surface area contributed by atoms with Gasteiger partial charge in [0.2, 0.25) is 0 Å². The summed E-state index contributed by atoms with van der Waals surface area (Å²) in [7, 11) is 0. The number of hydrogen-bond acceptors (Lipinski definition) is 4. The number of ether oxygens (including phenoxy) is 2. The quantitative estimate of drug-likeness (QED) is 0.327. The number of carbonyl (C=O) groups excluding carboxylic acids is 1. The molecule has 0 radical (unpaired) electrons. The van der Waals surface area contributed by atoms with E-state index in [0.29, 0.717) is 24.4 Å². The zero-order chi connectivity index (χ0) is 21.5. The molecule has 0 unspecified atom stereocenters. The van der Waals surface area contributed by atoms with Crippen LogP contribution in [0.15, 0.2) is 95.4 Å². The van der Waals surface area contributed by atoms with Crippen molar-refractivity contribution in [2.45, 2.75) is 26.6 Å². The van der Waals surface area contributed by atoms with E-state index in [2.05, 4.69) is 0 Å². The van der Waals surface area contributed by atoms with Gasteiger partial charge in [-0.3, -0.25) is 0 Å². The second kappa shape index (κ2) is 9.81. The number of benzene rings is 3. The third-order valence-electron chi connectivity index (χ3n) is 5.05. The normalized spacial score (nSPS) is 10.6. The molecule has 3 aromatic carbocycles. The molecular formula is C27H24O4. The van der Waals surface area contributed by atoms with Crippen molar-refractivity contribution in [3.63, 3.8) is 0 Å². The highest BCUT2D eigenvalue weighted by molar-refractivity contribution is 5.93. The van der Waals surface area contributed by atoms with E-state index in [-0.39, 0.29) is 12.6 Å². The largest absolute Gasteiger partial charge is 0.460 e. The smallest absolute Gasteiger partial charge is 0.346 e. The van der Waals surface area contributed by atoms with E-state index in [4.69, 9.17) is 13.9 Å². The van der Waals surface area contributed by atoms with Gasteiger partial charge in [-0.1, -0.05) is 91.0 Å². The summed E-state index contributed by atoms with van der Waals surface area (Å²) in [6.07, 6.45) is 0.570. The fourth-order valence-electron chi connectivity index (χ4n) is 3.34. The molecule has 4 aromatic rings. The van der Waals surface area contributed by atoms with Crippen LogP contribution in [0.4, 0.5) is 0 Å². The highest BCUT2D eigenvalue weighted by Crippen LogP contribution is 2.32. The molecule has 0 aliphatic carbocycles. The molecule has 0 N–H and O–H groups in total. The molecular weight excluding hydrogens is 388 g/mol. The lowest BCUT2D eigenvalue weighted by Crippen LogP contribution is -2.08. The second-order valence-corrected chi connectivity index (χ2v) is 7.31. The van der Waals surface area contributed by atoms with Gasteiger partial charge in [-0.15, -0.1) is 0 Å². The van der Waals surface area contributed by atoms with Crippen LogP contribution in [0.1, 0.15) is 38.4 Å². The lowest BCUT2D eigenvalue weighted by Gasteiger charge is -2.07. The molecule has 156 valence electrons. The maximum atomic E-state index is 13.0. The predicted molar refractivity (Wildman–Crippen MR) is 119 cm³/mol. The SMILES string of the molecule is Cc1c(Cc2ccccc2)oc(OCc2ccccc2)c1C(=O)OCc1ccccc1. The fourth-order valence-corrected chi connectivity index (χ4v) is 3.34. The number of rotatable bonds is 8. The summed E-state index contributed by atoms with van der Waals surface area (Å²) < 4.78 is 17.5. The number of hydrogen-bond donors (Lipinski definition) is 0. The molecule has 0 fully saturated rings. The molecule has 4 nitrogen and oxygen atoms in total. The van der Waals surface area contributed by atoms with Gasteiger partial charge in [0.05, 0.1) is 0 Å². The van der Waals surface area contributed by atoms with Crippen molar-refractivity contribution < 1.29 is 18.7 Å². The molecule has 0 saturated carbocycles. The second-order valence-electron chi connectivity index (χ2n) is 7.31. The summed E-state index contributed by atoms with van der Waals surface area (Å²) >= 11 is 0. The van der Waals surface area contributed by atoms with Gasteiger partial charge < -0.3 is 13.9 Å². The standard InChI is InChI=1S/C27H24O4/c1-20-24(17-21-11-5-2-6-12-21)31-27(30-19-23-15-9-4-10-16-23)25(20)26(28)29-18-22-13-7-3-8-14-22/h2-16H,17-19H2,1H3. The Kier molecular flexibility index (Phi) is 6.48. The molecule has 1 aromatic heterocycles. The average Bonchev–Trinajstić information content (AvgIpc) is 3.13. The zero-order valence-corrected chi connectivity index (χ0v) is 17.4. The van der Waals surface area contributed by atoms with Gasteiger partial charge in [0.1, 0.15) is 24.5 Å². The van der Waals surface area contributed by atoms with E-state index >= 15 is 0 Å². The number of carbonyl (C=O) groups is 1. The Balaban J connectivity index is 1.57. The van der Waals surface area contributed by atoms with Crippen LogP contribution >= 0.6 is 0 Å². The molecule has 0 amide bonds. The van der Waals surface area contributed by atoms with Crippen molar-refractivity contribution in [2.75, 3.05) is 0 Å². The summed E-state index contributed by atoms with van der Waals surface area (Å²) in [5.74, 6) is 0.443. The van der Waals surface area contributed by atoms with Crippen LogP contribution in [-0.4, -0.2) is 5.97 Å². The van der Waals surface area contributed by atoms with Gasteiger partial charge >= 0.3 is 5.97 Å². The lowest BCUT2D eigenvalue weighted by molar-refractivity contribution is 0.0463. The van der Waals surface area contributed by atoms with Crippen LogP contribution in [0, 0.1) is 6.92 Å². The highest BCUT2D eigenvalue weighted by Gasteiger charge is 2.26. The fraction of sp³-hybridized carbons (Fsp3) is 0.148. The summed E-state index contributed by atoms with van der Waals surface area (Å²) in [5.41, 5.74) is 4.10. The Bertz CT molecular complexity index is 1120. The zero-order valence-electron chi connectivity index (χ0n) is 17.4. The van der Waals surface area contributed by atoms with Crippen LogP contribution in [0.5, 0.6) is 5.95 Å². The Morgan fingerprint density at radius 3 is 1.84 bits per heavy atom. The monoisotopic (exact) mass is 412 g/mol. The summed E-state index contributed by atoms with van der Waals surface area (Å²) in [4.78, 5) is 13.0. The lowest BCUT2D eigenvalue weighted by atomic mass is 10.1. The molecule has 0 aliphatic heterocycles. The first kappa shape index (κ1) is 20.5.